The van der Waals surface area contributed by atoms with E-state index in [4.69, 9.17) is 11.6 Å². The maximum atomic E-state index is 12.0. The van der Waals surface area contributed by atoms with Gasteiger partial charge in [-0.05, 0) is 41.1 Å². The highest BCUT2D eigenvalue weighted by Crippen LogP contribution is 2.26. The third-order valence-electron chi connectivity index (χ3n) is 2.67. The van der Waals surface area contributed by atoms with Crippen LogP contribution < -0.4 is 5.32 Å². The molecule has 0 bridgehead atoms. The summed E-state index contributed by atoms with van der Waals surface area (Å²) in [5.41, 5.74) is 2.30. The first-order valence-electron chi connectivity index (χ1n) is 6.06. The molecule has 2 aromatic rings. The predicted molar refractivity (Wildman–Crippen MR) is 87.3 cm³/mol. The van der Waals surface area contributed by atoms with Gasteiger partial charge in [0, 0.05) is 26.8 Å². The Morgan fingerprint density at radius 1 is 1.20 bits per heavy atom. The lowest BCUT2D eigenvalue weighted by atomic mass is 10.1. The van der Waals surface area contributed by atoms with Crippen LogP contribution in [0.4, 0.5) is 5.69 Å². The number of halogens is 2. The van der Waals surface area contributed by atoms with Crippen LogP contribution in [0.5, 0.6) is 0 Å². The van der Waals surface area contributed by atoms with E-state index in [0.29, 0.717) is 10.6 Å². The number of anilines is 1. The first-order chi connectivity index (χ1) is 9.56. The van der Waals surface area contributed by atoms with Gasteiger partial charge in [0.25, 0.3) is 0 Å². The summed E-state index contributed by atoms with van der Waals surface area (Å²) in [5.74, 6) is -0.0271. The smallest absolute Gasteiger partial charge is 0.187 e. The molecule has 20 heavy (non-hydrogen) atoms. The van der Waals surface area contributed by atoms with Gasteiger partial charge < -0.3 is 5.32 Å². The second-order valence-corrected chi connectivity index (χ2v) is 5.60. The zero-order valence-electron chi connectivity index (χ0n) is 10.9. The minimum atomic E-state index is -0.0271. The summed E-state index contributed by atoms with van der Waals surface area (Å²) in [6.07, 6.45) is 1.58. The molecule has 102 valence electrons. The zero-order valence-corrected chi connectivity index (χ0v) is 13.2. The maximum Gasteiger partial charge on any atom is 0.187 e. The molecule has 0 saturated carbocycles. The monoisotopic (exact) mass is 349 g/mol. The number of carbonyl (C=O) groups is 1. The third-order valence-corrected chi connectivity index (χ3v) is 3.56. The normalized spacial score (nSPS) is 11.2. The molecule has 0 saturated heterocycles. The molecule has 0 aliphatic heterocycles. The Labute approximate surface area is 131 Å². The van der Waals surface area contributed by atoms with Crippen molar-refractivity contribution in [1.29, 1.82) is 0 Å². The fourth-order valence-electron chi connectivity index (χ4n) is 1.72. The quantitative estimate of drug-likeness (QED) is 0.599. The highest BCUT2D eigenvalue weighted by Gasteiger charge is 2.04. The van der Waals surface area contributed by atoms with Crippen molar-refractivity contribution in [3.63, 3.8) is 0 Å². The average Bonchev–Trinajstić information content (AvgIpc) is 2.43. The minimum Gasteiger partial charge on any atom is -0.358 e. The molecule has 0 radical (unpaired) electrons. The maximum absolute atomic E-state index is 12.0. The van der Waals surface area contributed by atoms with Crippen LogP contribution in [0.3, 0.4) is 0 Å². The first kappa shape index (κ1) is 14.8. The Morgan fingerprint density at radius 3 is 2.55 bits per heavy atom. The fourth-order valence-corrected chi connectivity index (χ4v) is 2.50. The molecule has 0 spiro atoms. The molecular weight excluding hydrogens is 338 g/mol. The average molecular weight is 351 g/mol. The molecule has 0 aliphatic carbocycles. The number of nitrogens with one attached hydrogen (secondary N) is 1. The van der Waals surface area contributed by atoms with Crippen LogP contribution in [0.2, 0.25) is 5.02 Å². The largest absolute Gasteiger partial charge is 0.358 e. The lowest BCUT2D eigenvalue weighted by Gasteiger charge is -2.09. The standard InChI is InChI=1S/C16H13BrClNO/c1-11(9-16(20)12-5-3-2-4-6-12)19-15-8-7-13(18)10-14(15)17/h2-10,19H,1H3. The van der Waals surface area contributed by atoms with Crippen LogP contribution >= 0.6 is 27.5 Å². The number of rotatable bonds is 4. The summed E-state index contributed by atoms with van der Waals surface area (Å²) in [6, 6.07) is 14.6. The molecule has 0 amide bonds. The SMILES string of the molecule is CC(=CC(=O)c1ccccc1)Nc1ccc(Cl)cc1Br. The van der Waals surface area contributed by atoms with E-state index >= 15 is 0 Å². The number of benzene rings is 2. The van der Waals surface area contributed by atoms with E-state index in [1.807, 2.05) is 31.2 Å². The minimum absolute atomic E-state index is 0.0271. The van der Waals surface area contributed by atoms with Gasteiger partial charge >= 0.3 is 0 Å². The van der Waals surface area contributed by atoms with Crippen molar-refractivity contribution in [2.45, 2.75) is 6.92 Å². The van der Waals surface area contributed by atoms with Gasteiger partial charge in [-0.25, -0.2) is 0 Å². The lowest BCUT2D eigenvalue weighted by Crippen LogP contribution is -2.01. The molecule has 0 unspecified atom stereocenters. The van der Waals surface area contributed by atoms with E-state index in [9.17, 15) is 4.79 Å². The van der Waals surface area contributed by atoms with Crippen LogP contribution in [0.15, 0.2) is 64.8 Å². The van der Waals surface area contributed by atoms with E-state index < -0.39 is 0 Å². The van der Waals surface area contributed by atoms with Crippen molar-refractivity contribution < 1.29 is 4.79 Å². The molecule has 2 aromatic carbocycles. The van der Waals surface area contributed by atoms with Gasteiger partial charge in [0.1, 0.15) is 0 Å². The molecule has 4 heteroatoms. The zero-order chi connectivity index (χ0) is 14.5. The second kappa shape index (κ2) is 6.73. The van der Waals surface area contributed by atoms with Gasteiger partial charge in [-0.2, -0.15) is 0 Å². The molecular formula is C16H13BrClNO. The number of hydrogen-bond acceptors (Lipinski definition) is 2. The predicted octanol–water partition coefficient (Wildman–Crippen LogP) is 5.30. The van der Waals surface area contributed by atoms with Crippen LogP contribution in [0.25, 0.3) is 0 Å². The molecule has 0 atom stereocenters. The van der Waals surface area contributed by atoms with E-state index in [1.165, 1.54) is 0 Å². The molecule has 1 N–H and O–H groups in total. The van der Waals surface area contributed by atoms with E-state index in [-0.39, 0.29) is 5.78 Å². The van der Waals surface area contributed by atoms with Gasteiger partial charge in [-0.3, -0.25) is 4.79 Å². The van der Waals surface area contributed by atoms with Gasteiger partial charge in [0.15, 0.2) is 5.78 Å². The van der Waals surface area contributed by atoms with Crippen molar-refractivity contribution >= 4 is 39.0 Å². The van der Waals surface area contributed by atoms with E-state index in [0.717, 1.165) is 15.9 Å². The number of ketones is 1. The summed E-state index contributed by atoms with van der Waals surface area (Å²) in [4.78, 5) is 12.0. The summed E-state index contributed by atoms with van der Waals surface area (Å²) in [7, 11) is 0. The van der Waals surface area contributed by atoms with Crippen molar-refractivity contribution in [3.05, 3.63) is 75.4 Å². The Morgan fingerprint density at radius 2 is 1.90 bits per heavy atom. The van der Waals surface area contributed by atoms with Crippen molar-refractivity contribution in [2.75, 3.05) is 5.32 Å². The third kappa shape index (κ3) is 3.95. The number of carbonyl (C=O) groups excluding carboxylic acids is 1. The Hall–Kier alpha value is -1.58. The Bertz CT molecular complexity index is 653. The number of allylic oxidation sites excluding steroid dienone is 2. The van der Waals surface area contributed by atoms with Gasteiger partial charge in [0.05, 0.1) is 5.69 Å². The molecule has 0 heterocycles. The van der Waals surface area contributed by atoms with Gasteiger partial charge in [-0.15, -0.1) is 0 Å². The summed E-state index contributed by atoms with van der Waals surface area (Å²) in [6.45, 7) is 1.85. The van der Waals surface area contributed by atoms with Crippen molar-refractivity contribution in [3.8, 4) is 0 Å². The first-order valence-corrected chi connectivity index (χ1v) is 7.23. The molecule has 2 rings (SSSR count). The highest BCUT2D eigenvalue weighted by atomic mass is 79.9. The second-order valence-electron chi connectivity index (χ2n) is 4.31. The summed E-state index contributed by atoms with van der Waals surface area (Å²) >= 11 is 9.32. The summed E-state index contributed by atoms with van der Waals surface area (Å²) < 4.78 is 0.852. The van der Waals surface area contributed by atoms with Gasteiger partial charge in [-0.1, -0.05) is 41.9 Å². The number of hydrogen-bond donors (Lipinski definition) is 1. The Kier molecular flexibility index (Phi) is 4.99. The molecule has 0 aromatic heterocycles. The van der Waals surface area contributed by atoms with Crippen LogP contribution in [-0.4, -0.2) is 5.78 Å². The molecule has 0 fully saturated rings. The molecule has 0 aliphatic rings. The van der Waals surface area contributed by atoms with Crippen LogP contribution in [0, 0.1) is 0 Å². The highest BCUT2D eigenvalue weighted by molar-refractivity contribution is 9.10. The van der Waals surface area contributed by atoms with E-state index in [1.54, 1.807) is 30.3 Å². The van der Waals surface area contributed by atoms with Crippen molar-refractivity contribution in [2.24, 2.45) is 0 Å². The lowest BCUT2D eigenvalue weighted by molar-refractivity contribution is 0.104. The summed E-state index contributed by atoms with van der Waals surface area (Å²) in [5, 5.41) is 3.83. The molecule has 2 nitrogen and oxygen atoms in total. The van der Waals surface area contributed by atoms with E-state index in [2.05, 4.69) is 21.2 Å². The van der Waals surface area contributed by atoms with Gasteiger partial charge in [0.2, 0.25) is 0 Å². The van der Waals surface area contributed by atoms with Crippen LogP contribution in [0.1, 0.15) is 17.3 Å². The Balaban J connectivity index is 2.13. The van der Waals surface area contributed by atoms with Crippen LogP contribution in [-0.2, 0) is 0 Å². The topological polar surface area (TPSA) is 29.1 Å². The fraction of sp³-hybridized carbons (Fsp3) is 0.0625. The van der Waals surface area contributed by atoms with Crippen molar-refractivity contribution in [1.82, 2.24) is 0 Å².